The number of rotatable bonds is 3. The SMILES string of the molecule is CCC(=O)NC1CCN(C(=O)C2CCCC(N)C2)CC1. The van der Waals surface area contributed by atoms with Crippen LogP contribution in [0.3, 0.4) is 0 Å². The third kappa shape index (κ3) is 3.95. The van der Waals surface area contributed by atoms with Crippen molar-refractivity contribution in [3.8, 4) is 0 Å². The maximum atomic E-state index is 12.5. The smallest absolute Gasteiger partial charge is 0.225 e. The van der Waals surface area contributed by atoms with Crippen LogP contribution in [-0.4, -0.2) is 41.9 Å². The molecule has 1 aliphatic heterocycles. The van der Waals surface area contributed by atoms with Gasteiger partial charge in [-0.3, -0.25) is 9.59 Å². The number of amides is 2. The lowest BCUT2D eigenvalue weighted by Gasteiger charge is -2.36. The van der Waals surface area contributed by atoms with Gasteiger partial charge in [0.2, 0.25) is 11.8 Å². The standard InChI is InChI=1S/C15H27N3O2/c1-2-14(19)17-13-6-8-18(9-7-13)15(20)11-4-3-5-12(16)10-11/h11-13H,2-10,16H2,1H3,(H,17,19). The Kier molecular flexibility index (Phi) is 5.40. The molecule has 2 amide bonds. The van der Waals surface area contributed by atoms with Gasteiger partial charge in [-0.2, -0.15) is 0 Å². The molecule has 0 bridgehead atoms. The molecular formula is C15H27N3O2. The maximum Gasteiger partial charge on any atom is 0.225 e. The van der Waals surface area contributed by atoms with Gasteiger partial charge >= 0.3 is 0 Å². The Morgan fingerprint density at radius 1 is 1.20 bits per heavy atom. The van der Waals surface area contributed by atoms with E-state index in [1.807, 2.05) is 11.8 Å². The van der Waals surface area contributed by atoms with Gasteiger partial charge < -0.3 is 16.0 Å². The zero-order valence-corrected chi connectivity index (χ0v) is 12.4. The summed E-state index contributed by atoms with van der Waals surface area (Å²) in [6.45, 7) is 3.39. The van der Waals surface area contributed by atoms with E-state index in [9.17, 15) is 9.59 Å². The van der Waals surface area contributed by atoms with Crippen molar-refractivity contribution in [1.29, 1.82) is 0 Å². The van der Waals surface area contributed by atoms with Gasteiger partial charge in [-0.25, -0.2) is 0 Å². The summed E-state index contributed by atoms with van der Waals surface area (Å²) in [5.74, 6) is 0.508. The first-order chi connectivity index (χ1) is 9.60. The van der Waals surface area contributed by atoms with Crippen LogP contribution in [0.15, 0.2) is 0 Å². The molecule has 0 aromatic heterocycles. The molecule has 0 radical (unpaired) electrons. The lowest BCUT2D eigenvalue weighted by Crippen LogP contribution is -2.49. The predicted octanol–water partition coefficient (Wildman–Crippen LogP) is 1.02. The average Bonchev–Trinajstić information content (AvgIpc) is 2.47. The predicted molar refractivity (Wildman–Crippen MR) is 78.0 cm³/mol. The Labute approximate surface area is 121 Å². The fourth-order valence-corrected chi connectivity index (χ4v) is 3.28. The van der Waals surface area contributed by atoms with Gasteiger partial charge in [0.05, 0.1) is 0 Å². The van der Waals surface area contributed by atoms with Gasteiger partial charge in [-0.15, -0.1) is 0 Å². The second-order valence-electron chi connectivity index (χ2n) is 6.14. The topological polar surface area (TPSA) is 75.4 Å². The van der Waals surface area contributed by atoms with E-state index in [1.54, 1.807) is 0 Å². The van der Waals surface area contributed by atoms with Crippen molar-refractivity contribution >= 4 is 11.8 Å². The summed E-state index contributed by atoms with van der Waals surface area (Å²) in [5.41, 5.74) is 5.97. The number of hydrogen-bond donors (Lipinski definition) is 2. The summed E-state index contributed by atoms with van der Waals surface area (Å²) in [6, 6.07) is 0.430. The van der Waals surface area contributed by atoms with E-state index in [-0.39, 0.29) is 29.8 Å². The molecule has 2 atom stereocenters. The van der Waals surface area contributed by atoms with Crippen molar-refractivity contribution < 1.29 is 9.59 Å². The number of hydrogen-bond acceptors (Lipinski definition) is 3. The molecule has 2 rings (SSSR count). The van der Waals surface area contributed by atoms with Crippen molar-refractivity contribution in [3.05, 3.63) is 0 Å². The van der Waals surface area contributed by atoms with Crippen LogP contribution < -0.4 is 11.1 Å². The number of piperidine rings is 1. The molecule has 0 aromatic carbocycles. The number of nitrogens with one attached hydrogen (secondary N) is 1. The molecule has 5 heteroatoms. The summed E-state index contributed by atoms with van der Waals surface area (Å²) in [5, 5.41) is 3.02. The first-order valence-corrected chi connectivity index (χ1v) is 7.94. The molecule has 3 N–H and O–H groups in total. The van der Waals surface area contributed by atoms with E-state index < -0.39 is 0 Å². The van der Waals surface area contributed by atoms with E-state index in [1.165, 1.54) is 0 Å². The minimum absolute atomic E-state index is 0.105. The van der Waals surface area contributed by atoms with Crippen LogP contribution in [0.5, 0.6) is 0 Å². The first kappa shape index (κ1) is 15.3. The largest absolute Gasteiger partial charge is 0.353 e. The highest BCUT2D eigenvalue weighted by Gasteiger charge is 2.31. The molecule has 20 heavy (non-hydrogen) atoms. The fraction of sp³-hybridized carbons (Fsp3) is 0.867. The molecule has 1 aliphatic carbocycles. The zero-order valence-electron chi connectivity index (χ0n) is 12.4. The quantitative estimate of drug-likeness (QED) is 0.811. The molecule has 1 saturated carbocycles. The van der Waals surface area contributed by atoms with Crippen LogP contribution in [0.25, 0.3) is 0 Å². The summed E-state index contributed by atoms with van der Waals surface area (Å²) in [4.78, 5) is 25.8. The molecule has 5 nitrogen and oxygen atoms in total. The molecule has 0 spiro atoms. The second-order valence-corrected chi connectivity index (χ2v) is 6.14. The molecule has 0 aromatic rings. The summed E-state index contributed by atoms with van der Waals surface area (Å²) >= 11 is 0. The van der Waals surface area contributed by atoms with Gasteiger partial charge in [0.1, 0.15) is 0 Å². The Hall–Kier alpha value is -1.10. The van der Waals surface area contributed by atoms with E-state index in [4.69, 9.17) is 5.73 Å². The van der Waals surface area contributed by atoms with Crippen LogP contribution in [0.2, 0.25) is 0 Å². The highest BCUT2D eigenvalue weighted by Crippen LogP contribution is 2.26. The second kappa shape index (κ2) is 7.07. The Morgan fingerprint density at radius 3 is 2.50 bits per heavy atom. The number of nitrogens with zero attached hydrogens (tertiary/aromatic N) is 1. The molecule has 2 aliphatic rings. The summed E-state index contributed by atoms with van der Waals surface area (Å²) < 4.78 is 0. The van der Waals surface area contributed by atoms with Crippen LogP contribution in [0.4, 0.5) is 0 Å². The van der Waals surface area contributed by atoms with Gasteiger partial charge in [-0.1, -0.05) is 13.3 Å². The van der Waals surface area contributed by atoms with E-state index in [2.05, 4.69) is 5.32 Å². The van der Waals surface area contributed by atoms with E-state index >= 15 is 0 Å². The molecular weight excluding hydrogens is 254 g/mol. The third-order valence-corrected chi connectivity index (χ3v) is 4.56. The van der Waals surface area contributed by atoms with Gasteiger partial charge in [-0.05, 0) is 32.1 Å². The number of carbonyl (C=O) groups excluding carboxylic acids is 2. The molecule has 1 heterocycles. The molecule has 114 valence electrons. The van der Waals surface area contributed by atoms with Crippen LogP contribution in [0, 0.1) is 5.92 Å². The zero-order chi connectivity index (χ0) is 14.5. The Balaban J connectivity index is 1.78. The van der Waals surface area contributed by atoms with Gasteiger partial charge in [0, 0.05) is 37.5 Å². The maximum absolute atomic E-state index is 12.5. The number of likely N-dealkylation sites (tertiary alicyclic amines) is 1. The normalized spacial score (nSPS) is 28.2. The van der Waals surface area contributed by atoms with E-state index in [0.29, 0.717) is 6.42 Å². The highest BCUT2D eigenvalue weighted by atomic mass is 16.2. The summed E-state index contributed by atoms with van der Waals surface area (Å²) in [7, 11) is 0. The lowest BCUT2D eigenvalue weighted by atomic mass is 9.85. The lowest BCUT2D eigenvalue weighted by molar-refractivity contribution is -0.138. The van der Waals surface area contributed by atoms with Gasteiger partial charge in [0.25, 0.3) is 0 Å². The Morgan fingerprint density at radius 2 is 1.90 bits per heavy atom. The number of carbonyl (C=O) groups is 2. The Bertz CT molecular complexity index is 351. The van der Waals surface area contributed by atoms with Crippen molar-refractivity contribution in [2.45, 2.75) is 64.0 Å². The summed E-state index contributed by atoms with van der Waals surface area (Å²) in [6.07, 6.45) is 6.21. The fourth-order valence-electron chi connectivity index (χ4n) is 3.28. The van der Waals surface area contributed by atoms with Gasteiger partial charge in [0.15, 0.2) is 0 Å². The van der Waals surface area contributed by atoms with Crippen molar-refractivity contribution in [2.75, 3.05) is 13.1 Å². The van der Waals surface area contributed by atoms with Crippen molar-refractivity contribution in [2.24, 2.45) is 11.7 Å². The average molecular weight is 281 g/mol. The minimum Gasteiger partial charge on any atom is -0.353 e. The molecule has 1 saturated heterocycles. The van der Waals surface area contributed by atoms with Crippen LogP contribution in [-0.2, 0) is 9.59 Å². The minimum atomic E-state index is 0.105. The third-order valence-electron chi connectivity index (χ3n) is 4.56. The molecule has 2 unspecified atom stereocenters. The number of nitrogens with two attached hydrogens (primary N) is 1. The van der Waals surface area contributed by atoms with Crippen LogP contribution >= 0.6 is 0 Å². The van der Waals surface area contributed by atoms with Crippen molar-refractivity contribution in [1.82, 2.24) is 10.2 Å². The highest BCUT2D eigenvalue weighted by molar-refractivity contribution is 5.79. The molecule has 2 fully saturated rings. The van der Waals surface area contributed by atoms with Crippen LogP contribution in [0.1, 0.15) is 51.9 Å². The van der Waals surface area contributed by atoms with Crippen molar-refractivity contribution in [3.63, 3.8) is 0 Å². The van der Waals surface area contributed by atoms with E-state index in [0.717, 1.165) is 51.6 Å². The first-order valence-electron chi connectivity index (χ1n) is 7.94. The monoisotopic (exact) mass is 281 g/mol.